The average molecular weight is 383 g/mol. The van der Waals surface area contributed by atoms with Crippen LogP contribution in [0.3, 0.4) is 0 Å². The molecular formula is C20H26N6S. The smallest absolute Gasteiger partial charge is 0.191 e. The molecule has 6 nitrogen and oxygen atoms in total. The van der Waals surface area contributed by atoms with Gasteiger partial charge in [-0.15, -0.1) is 11.3 Å². The first-order valence-corrected chi connectivity index (χ1v) is 9.96. The van der Waals surface area contributed by atoms with Crippen LogP contribution in [0.2, 0.25) is 0 Å². The van der Waals surface area contributed by atoms with E-state index in [9.17, 15) is 0 Å². The van der Waals surface area contributed by atoms with Crippen LogP contribution < -0.4 is 10.6 Å². The van der Waals surface area contributed by atoms with Gasteiger partial charge >= 0.3 is 0 Å². The van der Waals surface area contributed by atoms with Gasteiger partial charge < -0.3 is 10.6 Å². The van der Waals surface area contributed by atoms with E-state index >= 15 is 0 Å². The Balaban J connectivity index is 1.61. The largest absolute Gasteiger partial charge is 0.351 e. The van der Waals surface area contributed by atoms with Crippen molar-refractivity contribution in [3.63, 3.8) is 0 Å². The second-order valence-corrected chi connectivity index (χ2v) is 7.56. The molecule has 0 spiro atoms. The van der Waals surface area contributed by atoms with E-state index in [0.29, 0.717) is 12.5 Å². The zero-order chi connectivity index (χ0) is 19.2. The molecule has 7 heteroatoms. The molecule has 2 aromatic heterocycles. The summed E-state index contributed by atoms with van der Waals surface area (Å²) < 4.78 is 1.86. The van der Waals surface area contributed by atoms with Crippen LogP contribution in [0.4, 0.5) is 0 Å². The second kappa shape index (κ2) is 8.81. The molecule has 0 saturated heterocycles. The number of nitrogens with zero attached hydrogens (tertiary/aromatic N) is 4. The van der Waals surface area contributed by atoms with E-state index in [-0.39, 0.29) is 6.04 Å². The summed E-state index contributed by atoms with van der Waals surface area (Å²) in [5, 5.41) is 14.4. The SMILES string of the molecule is CN=C(NCc1csc(C(C)C)n1)NC(C)c1cccc(-n2cccn2)c1. The average Bonchev–Trinajstić information content (AvgIpc) is 3.37. The van der Waals surface area contributed by atoms with Gasteiger partial charge in [0.1, 0.15) is 0 Å². The maximum atomic E-state index is 4.66. The highest BCUT2D eigenvalue weighted by molar-refractivity contribution is 7.09. The van der Waals surface area contributed by atoms with Crippen LogP contribution in [0.1, 0.15) is 49.0 Å². The first-order valence-electron chi connectivity index (χ1n) is 9.08. The summed E-state index contributed by atoms with van der Waals surface area (Å²) in [6.45, 7) is 7.10. The molecule has 0 amide bonds. The van der Waals surface area contributed by atoms with E-state index in [0.717, 1.165) is 17.3 Å². The molecule has 0 radical (unpaired) electrons. The van der Waals surface area contributed by atoms with E-state index < -0.39 is 0 Å². The van der Waals surface area contributed by atoms with E-state index in [1.807, 2.05) is 29.1 Å². The molecule has 0 aliphatic rings. The van der Waals surface area contributed by atoms with Crippen LogP contribution >= 0.6 is 11.3 Å². The summed E-state index contributed by atoms with van der Waals surface area (Å²) in [5.41, 5.74) is 3.25. The number of aromatic nitrogens is 3. The van der Waals surface area contributed by atoms with Crippen molar-refractivity contribution in [2.75, 3.05) is 7.05 Å². The fourth-order valence-electron chi connectivity index (χ4n) is 2.68. The summed E-state index contributed by atoms with van der Waals surface area (Å²) >= 11 is 1.71. The number of nitrogens with one attached hydrogen (secondary N) is 2. The Labute approximate surface area is 164 Å². The third-order valence-corrected chi connectivity index (χ3v) is 5.41. The zero-order valence-corrected chi connectivity index (χ0v) is 17.0. The lowest BCUT2D eigenvalue weighted by atomic mass is 10.1. The fourth-order valence-corrected chi connectivity index (χ4v) is 3.52. The highest BCUT2D eigenvalue weighted by Gasteiger charge is 2.10. The maximum Gasteiger partial charge on any atom is 0.191 e. The molecule has 0 bridgehead atoms. The highest BCUT2D eigenvalue weighted by atomic mass is 32.1. The fraction of sp³-hybridized carbons (Fsp3) is 0.350. The second-order valence-electron chi connectivity index (χ2n) is 6.67. The monoisotopic (exact) mass is 382 g/mol. The quantitative estimate of drug-likeness (QED) is 0.501. The van der Waals surface area contributed by atoms with Crippen LogP contribution in [-0.4, -0.2) is 27.8 Å². The summed E-state index contributed by atoms with van der Waals surface area (Å²) in [6, 6.07) is 10.4. The van der Waals surface area contributed by atoms with Crippen molar-refractivity contribution in [3.8, 4) is 5.69 Å². The van der Waals surface area contributed by atoms with Gasteiger partial charge in [-0.3, -0.25) is 4.99 Å². The predicted octanol–water partition coefficient (Wildman–Crippen LogP) is 3.88. The standard InChI is InChI=1S/C20H26N6S/c1-14(2)19-25-17(13-27-19)12-22-20(21-4)24-15(3)16-7-5-8-18(11-16)26-10-6-9-23-26/h5-11,13-15H,12H2,1-4H3,(H2,21,22,24). The molecule has 0 saturated carbocycles. The van der Waals surface area contributed by atoms with E-state index in [4.69, 9.17) is 0 Å². The van der Waals surface area contributed by atoms with Crippen LogP contribution in [0.5, 0.6) is 0 Å². The van der Waals surface area contributed by atoms with Gasteiger partial charge in [0.15, 0.2) is 5.96 Å². The Morgan fingerprint density at radius 1 is 1.26 bits per heavy atom. The Bertz CT molecular complexity index is 882. The lowest BCUT2D eigenvalue weighted by Crippen LogP contribution is -2.38. The predicted molar refractivity (Wildman–Crippen MR) is 112 cm³/mol. The van der Waals surface area contributed by atoms with Crippen LogP contribution in [0.15, 0.2) is 53.1 Å². The third kappa shape index (κ3) is 4.95. The van der Waals surface area contributed by atoms with Gasteiger partial charge in [0.25, 0.3) is 0 Å². The van der Waals surface area contributed by atoms with E-state index in [1.165, 1.54) is 10.6 Å². The molecule has 1 unspecified atom stereocenters. The van der Waals surface area contributed by atoms with E-state index in [1.54, 1.807) is 24.6 Å². The Morgan fingerprint density at radius 2 is 2.11 bits per heavy atom. The Hall–Kier alpha value is -2.67. The number of aliphatic imine (C=N–C) groups is 1. The number of hydrogen-bond acceptors (Lipinski definition) is 4. The highest BCUT2D eigenvalue weighted by Crippen LogP contribution is 2.19. The number of guanidine groups is 1. The molecule has 0 aliphatic heterocycles. The number of benzene rings is 1. The Kier molecular flexibility index (Phi) is 6.24. The molecule has 0 aliphatic carbocycles. The maximum absolute atomic E-state index is 4.66. The number of thiazole rings is 1. The van der Waals surface area contributed by atoms with E-state index in [2.05, 4.69) is 64.0 Å². The van der Waals surface area contributed by atoms with Gasteiger partial charge in [0, 0.05) is 30.7 Å². The molecule has 1 atom stereocenters. The minimum absolute atomic E-state index is 0.105. The first kappa shape index (κ1) is 19.1. The van der Waals surface area contributed by atoms with Crippen molar-refractivity contribution < 1.29 is 0 Å². The molecule has 142 valence electrons. The van der Waals surface area contributed by atoms with Gasteiger partial charge in [0.05, 0.1) is 29.0 Å². The molecule has 27 heavy (non-hydrogen) atoms. The Morgan fingerprint density at radius 3 is 2.78 bits per heavy atom. The minimum Gasteiger partial charge on any atom is -0.351 e. The molecule has 3 aromatic rings. The molecule has 0 fully saturated rings. The molecule has 3 rings (SSSR count). The van der Waals surface area contributed by atoms with Crippen molar-refractivity contribution >= 4 is 17.3 Å². The number of rotatable bonds is 6. The molecule has 1 aromatic carbocycles. The van der Waals surface area contributed by atoms with Crippen molar-refractivity contribution in [3.05, 3.63) is 64.4 Å². The van der Waals surface area contributed by atoms with Crippen LogP contribution in [-0.2, 0) is 6.54 Å². The van der Waals surface area contributed by atoms with Crippen molar-refractivity contribution in [1.29, 1.82) is 0 Å². The van der Waals surface area contributed by atoms with Crippen LogP contribution in [0, 0.1) is 0 Å². The van der Waals surface area contributed by atoms with Crippen molar-refractivity contribution in [2.24, 2.45) is 4.99 Å². The third-order valence-electron chi connectivity index (χ3n) is 4.22. The van der Waals surface area contributed by atoms with Gasteiger partial charge in [0.2, 0.25) is 0 Å². The summed E-state index contributed by atoms with van der Waals surface area (Å²) in [7, 11) is 1.78. The lowest BCUT2D eigenvalue weighted by molar-refractivity contribution is 0.681. The van der Waals surface area contributed by atoms with Gasteiger partial charge in [-0.25, -0.2) is 9.67 Å². The van der Waals surface area contributed by atoms with Gasteiger partial charge in [-0.2, -0.15) is 5.10 Å². The normalized spacial score (nSPS) is 13.0. The first-order chi connectivity index (χ1) is 13.1. The zero-order valence-electron chi connectivity index (χ0n) is 16.2. The summed E-state index contributed by atoms with van der Waals surface area (Å²) in [4.78, 5) is 8.99. The van der Waals surface area contributed by atoms with Gasteiger partial charge in [-0.1, -0.05) is 26.0 Å². The minimum atomic E-state index is 0.105. The molecular weight excluding hydrogens is 356 g/mol. The van der Waals surface area contributed by atoms with Crippen LogP contribution in [0.25, 0.3) is 5.69 Å². The topological polar surface area (TPSA) is 67.1 Å². The van der Waals surface area contributed by atoms with Crippen molar-refractivity contribution in [2.45, 2.75) is 39.3 Å². The van der Waals surface area contributed by atoms with Gasteiger partial charge in [-0.05, 0) is 30.7 Å². The molecule has 2 N–H and O–H groups in total. The lowest BCUT2D eigenvalue weighted by Gasteiger charge is -2.18. The van der Waals surface area contributed by atoms with Crippen molar-refractivity contribution in [1.82, 2.24) is 25.4 Å². The number of hydrogen-bond donors (Lipinski definition) is 2. The molecule has 2 heterocycles. The summed E-state index contributed by atoms with van der Waals surface area (Å²) in [5.74, 6) is 1.22. The summed E-state index contributed by atoms with van der Waals surface area (Å²) in [6.07, 6.45) is 3.72.